The molecule has 0 bridgehead atoms. The van der Waals surface area contributed by atoms with Crippen molar-refractivity contribution in [1.29, 1.82) is 0 Å². The number of aromatic nitrogens is 1. The third-order valence-electron chi connectivity index (χ3n) is 4.84. The number of carbonyl (C=O) groups excluding carboxylic acids is 1. The van der Waals surface area contributed by atoms with Crippen LogP contribution in [0.15, 0.2) is 47.4 Å². The molecule has 2 aromatic carbocycles. The fourth-order valence-corrected chi connectivity index (χ4v) is 5.08. The maximum absolute atomic E-state index is 13.1. The Bertz CT molecular complexity index is 1200. The predicted molar refractivity (Wildman–Crippen MR) is 114 cm³/mol. The number of halogens is 1. The second-order valence-corrected chi connectivity index (χ2v) is 9.09. The number of amides is 1. The number of nitrogens with one attached hydrogen (secondary N) is 2. The quantitative estimate of drug-likeness (QED) is 0.623. The molecule has 1 aromatic heterocycles. The molecule has 8 nitrogen and oxygen atoms in total. The maximum atomic E-state index is 13.1. The molecular formula is C20H20ClN3O5S. The van der Waals surface area contributed by atoms with Crippen molar-refractivity contribution in [3.8, 4) is 5.75 Å². The van der Waals surface area contributed by atoms with Crippen LogP contribution in [0.5, 0.6) is 5.75 Å². The van der Waals surface area contributed by atoms with Crippen LogP contribution in [0.25, 0.3) is 10.9 Å². The summed E-state index contributed by atoms with van der Waals surface area (Å²) in [7, 11) is -2.39. The minimum atomic E-state index is -3.80. The van der Waals surface area contributed by atoms with Crippen LogP contribution < -0.4 is 10.1 Å². The SMILES string of the molecule is COc1ccc(NC(=O)c2cc3cc(Cl)ccc3[nH]2)cc1S(=O)(=O)N1CCOCC1. The van der Waals surface area contributed by atoms with Gasteiger partial charge < -0.3 is 19.8 Å². The van der Waals surface area contributed by atoms with Gasteiger partial charge in [-0.3, -0.25) is 4.79 Å². The Morgan fingerprint density at radius 3 is 2.67 bits per heavy atom. The molecule has 2 N–H and O–H groups in total. The van der Waals surface area contributed by atoms with Gasteiger partial charge in [-0.05, 0) is 42.5 Å². The number of sulfonamides is 1. The molecule has 2 heterocycles. The van der Waals surface area contributed by atoms with Crippen LogP contribution in [0.2, 0.25) is 5.02 Å². The van der Waals surface area contributed by atoms with Gasteiger partial charge in [0.05, 0.1) is 20.3 Å². The number of morpholine rings is 1. The van der Waals surface area contributed by atoms with E-state index >= 15 is 0 Å². The van der Waals surface area contributed by atoms with Gasteiger partial charge in [-0.2, -0.15) is 4.31 Å². The van der Waals surface area contributed by atoms with Gasteiger partial charge in [0.15, 0.2) is 0 Å². The molecule has 30 heavy (non-hydrogen) atoms. The number of carbonyl (C=O) groups is 1. The summed E-state index contributed by atoms with van der Waals surface area (Å²) < 4.78 is 38.0. The molecule has 0 atom stereocenters. The van der Waals surface area contributed by atoms with Gasteiger partial charge in [-0.25, -0.2) is 8.42 Å². The molecular weight excluding hydrogens is 430 g/mol. The summed E-state index contributed by atoms with van der Waals surface area (Å²) in [4.78, 5) is 15.7. The van der Waals surface area contributed by atoms with E-state index < -0.39 is 15.9 Å². The smallest absolute Gasteiger partial charge is 0.272 e. The van der Waals surface area contributed by atoms with E-state index in [1.807, 2.05) is 0 Å². The van der Waals surface area contributed by atoms with Crippen molar-refractivity contribution >= 4 is 44.1 Å². The van der Waals surface area contributed by atoms with E-state index in [-0.39, 0.29) is 23.7 Å². The number of methoxy groups -OCH3 is 1. The molecule has 1 fully saturated rings. The highest BCUT2D eigenvalue weighted by molar-refractivity contribution is 7.89. The lowest BCUT2D eigenvalue weighted by Crippen LogP contribution is -2.40. The topological polar surface area (TPSA) is 101 Å². The van der Waals surface area contributed by atoms with Crippen LogP contribution in [0.4, 0.5) is 5.69 Å². The first-order valence-electron chi connectivity index (χ1n) is 9.24. The van der Waals surface area contributed by atoms with E-state index in [2.05, 4.69) is 10.3 Å². The number of H-pyrrole nitrogens is 1. The number of fused-ring (bicyclic) bond motifs is 1. The number of ether oxygens (including phenoxy) is 2. The fraction of sp³-hybridized carbons (Fsp3) is 0.250. The Kier molecular flexibility index (Phi) is 5.70. The second kappa shape index (κ2) is 8.27. The molecule has 3 aromatic rings. The molecule has 0 aliphatic carbocycles. The molecule has 10 heteroatoms. The summed E-state index contributed by atoms with van der Waals surface area (Å²) in [5, 5.41) is 4.11. The first kappa shape index (κ1) is 20.7. The number of hydrogen-bond donors (Lipinski definition) is 2. The summed E-state index contributed by atoms with van der Waals surface area (Å²) in [5.74, 6) is -0.193. The number of aromatic amines is 1. The highest BCUT2D eigenvalue weighted by atomic mass is 35.5. The lowest BCUT2D eigenvalue weighted by Gasteiger charge is -2.26. The van der Waals surface area contributed by atoms with E-state index in [0.29, 0.717) is 29.6 Å². The normalized spacial score (nSPS) is 15.3. The number of rotatable bonds is 5. The zero-order valence-electron chi connectivity index (χ0n) is 16.1. The van der Waals surface area contributed by atoms with E-state index in [1.54, 1.807) is 30.3 Å². The third kappa shape index (κ3) is 4.01. The number of nitrogens with zero attached hydrogens (tertiary/aromatic N) is 1. The minimum Gasteiger partial charge on any atom is -0.495 e. The molecule has 1 aliphatic rings. The first-order chi connectivity index (χ1) is 14.4. The first-order valence-corrected chi connectivity index (χ1v) is 11.1. The largest absolute Gasteiger partial charge is 0.495 e. The summed E-state index contributed by atoms with van der Waals surface area (Å²) in [5.41, 5.74) is 1.44. The molecule has 158 valence electrons. The van der Waals surface area contributed by atoms with E-state index in [0.717, 1.165) is 10.9 Å². The maximum Gasteiger partial charge on any atom is 0.272 e. The van der Waals surface area contributed by atoms with Crippen LogP contribution in [-0.2, 0) is 14.8 Å². The van der Waals surface area contributed by atoms with Crippen LogP contribution >= 0.6 is 11.6 Å². The number of hydrogen-bond acceptors (Lipinski definition) is 5. The van der Waals surface area contributed by atoms with Crippen molar-refractivity contribution < 1.29 is 22.7 Å². The third-order valence-corrected chi connectivity index (χ3v) is 6.99. The lowest BCUT2D eigenvalue weighted by atomic mass is 10.2. The van der Waals surface area contributed by atoms with Gasteiger partial charge in [-0.1, -0.05) is 11.6 Å². The minimum absolute atomic E-state index is 0.00636. The molecule has 1 amide bonds. The predicted octanol–water partition coefficient (Wildman–Crippen LogP) is 3.10. The second-order valence-electron chi connectivity index (χ2n) is 6.75. The average molecular weight is 450 g/mol. The van der Waals surface area contributed by atoms with Crippen molar-refractivity contribution in [2.75, 3.05) is 38.7 Å². The summed E-state index contributed by atoms with van der Waals surface area (Å²) >= 11 is 6.00. The molecule has 4 rings (SSSR count). The van der Waals surface area contributed by atoms with Crippen LogP contribution in [0, 0.1) is 0 Å². The monoisotopic (exact) mass is 449 g/mol. The molecule has 0 unspecified atom stereocenters. The van der Waals surface area contributed by atoms with Gasteiger partial charge in [0.2, 0.25) is 10.0 Å². The zero-order valence-corrected chi connectivity index (χ0v) is 17.7. The van der Waals surface area contributed by atoms with Gasteiger partial charge in [-0.15, -0.1) is 0 Å². The van der Waals surface area contributed by atoms with E-state index in [1.165, 1.54) is 23.5 Å². The average Bonchev–Trinajstić information content (AvgIpc) is 3.17. The van der Waals surface area contributed by atoms with Crippen molar-refractivity contribution in [3.05, 3.63) is 53.2 Å². The van der Waals surface area contributed by atoms with E-state index in [4.69, 9.17) is 21.1 Å². The molecule has 0 spiro atoms. The van der Waals surface area contributed by atoms with Crippen LogP contribution in [0.3, 0.4) is 0 Å². The highest BCUT2D eigenvalue weighted by Crippen LogP contribution is 2.30. The molecule has 0 saturated carbocycles. The Morgan fingerprint density at radius 2 is 1.93 bits per heavy atom. The van der Waals surface area contributed by atoms with Crippen LogP contribution in [0.1, 0.15) is 10.5 Å². The Hall–Kier alpha value is -2.59. The summed E-state index contributed by atoms with van der Waals surface area (Å²) in [6.45, 7) is 1.20. The van der Waals surface area contributed by atoms with Crippen molar-refractivity contribution in [3.63, 3.8) is 0 Å². The fourth-order valence-electron chi connectivity index (χ4n) is 3.31. The van der Waals surface area contributed by atoms with Gasteiger partial charge in [0.25, 0.3) is 5.91 Å². The Morgan fingerprint density at radius 1 is 1.17 bits per heavy atom. The Balaban J connectivity index is 1.62. The Labute approximate surface area is 178 Å². The zero-order chi connectivity index (χ0) is 21.3. The van der Waals surface area contributed by atoms with Crippen molar-refractivity contribution in [1.82, 2.24) is 9.29 Å². The molecule has 1 saturated heterocycles. The summed E-state index contributed by atoms with van der Waals surface area (Å²) in [6.07, 6.45) is 0. The van der Waals surface area contributed by atoms with Gasteiger partial charge in [0, 0.05) is 34.7 Å². The number of benzene rings is 2. The van der Waals surface area contributed by atoms with E-state index in [9.17, 15) is 13.2 Å². The van der Waals surface area contributed by atoms with Crippen LogP contribution in [-0.4, -0.2) is 57.0 Å². The van der Waals surface area contributed by atoms with Gasteiger partial charge in [0.1, 0.15) is 16.3 Å². The highest BCUT2D eigenvalue weighted by Gasteiger charge is 2.29. The molecule has 0 radical (unpaired) electrons. The lowest BCUT2D eigenvalue weighted by molar-refractivity contribution is 0.0729. The standard InChI is InChI=1S/C20H20ClN3O5S/c1-28-18-5-3-15(12-19(18)30(26,27)24-6-8-29-9-7-24)22-20(25)17-11-13-10-14(21)2-4-16(13)23-17/h2-5,10-12,23H,6-9H2,1H3,(H,22,25). The van der Waals surface area contributed by atoms with Crippen molar-refractivity contribution in [2.45, 2.75) is 4.90 Å². The number of anilines is 1. The van der Waals surface area contributed by atoms with Crippen molar-refractivity contribution in [2.24, 2.45) is 0 Å². The summed E-state index contributed by atoms with van der Waals surface area (Å²) in [6, 6.07) is 11.5. The van der Waals surface area contributed by atoms with Gasteiger partial charge >= 0.3 is 0 Å². The molecule has 1 aliphatic heterocycles.